The summed E-state index contributed by atoms with van der Waals surface area (Å²) in [5.41, 5.74) is 14.9. The summed E-state index contributed by atoms with van der Waals surface area (Å²) in [4.78, 5) is 17.6. The summed E-state index contributed by atoms with van der Waals surface area (Å²) in [7, 11) is 0. The highest BCUT2D eigenvalue weighted by Crippen LogP contribution is 2.34. The fraction of sp³-hybridized carbons (Fsp3) is 0.0179. The first-order valence-corrected chi connectivity index (χ1v) is 21.3. The van der Waals surface area contributed by atoms with E-state index in [0.29, 0.717) is 5.82 Å². The standard InChI is InChI=1S/C56H40N4S/c1-5-13-39(14-6-1)41-21-25-45(26-22-41)53-37-51(43-17-9-3-10-18-43)57-55(59-53)47-29-33-49(34-30-47)61-50-35-31-48(32-36-50)56-58-52(44-19-11-4-12-20-44)38-54(60-56)46-27-23-42(24-28-46)40-15-7-2-8-16-40/h1-38,55,59H. The Kier molecular flexibility index (Phi) is 10.7. The van der Waals surface area contributed by atoms with Crippen LogP contribution in [0.5, 0.6) is 0 Å². The fourth-order valence-electron chi connectivity index (χ4n) is 7.57. The second-order valence-corrected chi connectivity index (χ2v) is 16.0. The Balaban J connectivity index is 0.879. The summed E-state index contributed by atoms with van der Waals surface area (Å²) >= 11 is 1.73. The van der Waals surface area contributed by atoms with Gasteiger partial charge in [0.05, 0.1) is 17.1 Å². The summed E-state index contributed by atoms with van der Waals surface area (Å²) in [6, 6.07) is 78.4. The van der Waals surface area contributed by atoms with Crippen LogP contribution < -0.4 is 5.32 Å². The van der Waals surface area contributed by atoms with E-state index in [0.717, 1.165) is 66.0 Å². The Labute approximate surface area is 361 Å². The molecule has 1 aliphatic heterocycles. The van der Waals surface area contributed by atoms with Crippen molar-refractivity contribution >= 4 is 23.2 Å². The number of aromatic nitrogens is 2. The molecule has 1 atom stereocenters. The lowest BCUT2D eigenvalue weighted by molar-refractivity contribution is 0.663. The van der Waals surface area contributed by atoms with Crippen LogP contribution in [0.25, 0.3) is 61.9 Å². The van der Waals surface area contributed by atoms with E-state index in [9.17, 15) is 0 Å². The van der Waals surface area contributed by atoms with E-state index >= 15 is 0 Å². The average Bonchev–Trinajstić information content (AvgIpc) is 3.35. The Morgan fingerprint density at radius 1 is 0.361 bits per heavy atom. The van der Waals surface area contributed by atoms with E-state index in [4.69, 9.17) is 15.0 Å². The average molecular weight is 801 g/mol. The van der Waals surface area contributed by atoms with Gasteiger partial charge in [0.1, 0.15) is 6.17 Å². The van der Waals surface area contributed by atoms with Crippen molar-refractivity contribution in [3.63, 3.8) is 0 Å². The van der Waals surface area contributed by atoms with E-state index < -0.39 is 0 Å². The van der Waals surface area contributed by atoms with Crippen molar-refractivity contribution < 1.29 is 0 Å². The molecule has 9 aromatic rings. The van der Waals surface area contributed by atoms with Crippen LogP contribution in [-0.2, 0) is 0 Å². The van der Waals surface area contributed by atoms with Crippen LogP contribution in [0.4, 0.5) is 0 Å². The maximum atomic E-state index is 5.19. The monoisotopic (exact) mass is 800 g/mol. The highest BCUT2D eigenvalue weighted by Gasteiger charge is 2.20. The number of allylic oxidation sites excluding steroid dienone is 1. The molecule has 1 N–H and O–H groups in total. The van der Waals surface area contributed by atoms with Gasteiger partial charge in [0.25, 0.3) is 0 Å². The maximum absolute atomic E-state index is 5.19. The maximum Gasteiger partial charge on any atom is 0.160 e. The first kappa shape index (κ1) is 37.7. The third-order valence-electron chi connectivity index (χ3n) is 10.8. The molecule has 5 heteroatoms. The molecule has 0 radical (unpaired) electrons. The van der Waals surface area contributed by atoms with Crippen molar-refractivity contribution in [1.82, 2.24) is 15.3 Å². The molecule has 61 heavy (non-hydrogen) atoms. The third-order valence-corrected chi connectivity index (χ3v) is 11.9. The van der Waals surface area contributed by atoms with Crippen molar-refractivity contribution in [3.8, 4) is 56.2 Å². The summed E-state index contributed by atoms with van der Waals surface area (Å²) in [5, 5.41) is 3.73. The minimum Gasteiger partial charge on any atom is -0.360 e. The molecule has 0 amide bonds. The molecule has 2 heterocycles. The summed E-state index contributed by atoms with van der Waals surface area (Å²) in [6.07, 6.45) is 1.92. The van der Waals surface area contributed by atoms with Gasteiger partial charge in [0.15, 0.2) is 5.82 Å². The lowest BCUT2D eigenvalue weighted by Gasteiger charge is -2.25. The van der Waals surface area contributed by atoms with Crippen LogP contribution in [-0.4, -0.2) is 15.7 Å². The van der Waals surface area contributed by atoms with Gasteiger partial charge in [-0.05, 0) is 75.4 Å². The number of benzene rings is 8. The molecule has 0 aliphatic carbocycles. The number of nitrogens with one attached hydrogen (secondary N) is 1. The van der Waals surface area contributed by atoms with Crippen molar-refractivity contribution in [3.05, 3.63) is 247 Å². The first-order chi connectivity index (χ1) is 30.2. The van der Waals surface area contributed by atoms with Crippen molar-refractivity contribution in [2.24, 2.45) is 4.99 Å². The van der Waals surface area contributed by atoms with Gasteiger partial charge in [0, 0.05) is 32.2 Å². The number of aliphatic imine (C=N–C) groups is 1. The van der Waals surface area contributed by atoms with Crippen molar-refractivity contribution in [2.75, 3.05) is 0 Å². The van der Waals surface area contributed by atoms with Crippen LogP contribution in [0.3, 0.4) is 0 Å². The Hall–Kier alpha value is -7.60. The molecule has 8 aromatic carbocycles. The minimum absolute atomic E-state index is 0.235. The number of hydrogen-bond acceptors (Lipinski definition) is 5. The van der Waals surface area contributed by atoms with Gasteiger partial charge in [0.2, 0.25) is 0 Å². The third kappa shape index (κ3) is 8.60. The minimum atomic E-state index is -0.235. The van der Waals surface area contributed by atoms with Crippen LogP contribution >= 0.6 is 11.8 Å². The number of rotatable bonds is 10. The molecule has 4 nitrogen and oxygen atoms in total. The zero-order valence-electron chi connectivity index (χ0n) is 33.3. The second kappa shape index (κ2) is 17.3. The van der Waals surface area contributed by atoms with Gasteiger partial charge in [-0.3, -0.25) is 4.99 Å². The van der Waals surface area contributed by atoms with Gasteiger partial charge >= 0.3 is 0 Å². The summed E-state index contributed by atoms with van der Waals surface area (Å²) in [6.45, 7) is 0. The molecular formula is C56H40N4S. The molecule has 0 bridgehead atoms. The number of hydrogen-bond donors (Lipinski definition) is 1. The normalized spacial score (nSPS) is 13.5. The predicted octanol–water partition coefficient (Wildman–Crippen LogP) is 14.1. The quantitative estimate of drug-likeness (QED) is 0.150. The summed E-state index contributed by atoms with van der Waals surface area (Å²) < 4.78 is 0. The predicted molar refractivity (Wildman–Crippen MR) is 253 cm³/mol. The molecule has 1 unspecified atom stereocenters. The molecule has 0 spiro atoms. The van der Waals surface area contributed by atoms with E-state index in [-0.39, 0.29) is 6.17 Å². The second-order valence-electron chi connectivity index (χ2n) is 14.9. The van der Waals surface area contributed by atoms with Crippen molar-refractivity contribution in [2.45, 2.75) is 16.0 Å². The smallest absolute Gasteiger partial charge is 0.160 e. The Morgan fingerprint density at radius 3 is 1.28 bits per heavy atom. The van der Waals surface area contributed by atoms with Crippen LogP contribution in [0.2, 0.25) is 0 Å². The van der Waals surface area contributed by atoms with E-state index in [1.165, 1.54) is 22.3 Å². The number of nitrogens with zero attached hydrogens (tertiary/aromatic N) is 3. The van der Waals surface area contributed by atoms with Gasteiger partial charge in [-0.2, -0.15) is 0 Å². The zero-order chi connectivity index (χ0) is 40.8. The lowest BCUT2D eigenvalue weighted by Crippen LogP contribution is -2.24. The highest BCUT2D eigenvalue weighted by molar-refractivity contribution is 7.99. The molecule has 290 valence electrons. The molecule has 0 fully saturated rings. The summed E-state index contributed by atoms with van der Waals surface area (Å²) in [5.74, 6) is 0.695. The van der Waals surface area contributed by atoms with Gasteiger partial charge in [-0.15, -0.1) is 0 Å². The van der Waals surface area contributed by atoms with Crippen LogP contribution in [0.15, 0.2) is 245 Å². The van der Waals surface area contributed by atoms with Crippen LogP contribution in [0, 0.1) is 0 Å². The molecule has 1 aromatic heterocycles. The van der Waals surface area contributed by atoms with Gasteiger partial charge in [-0.1, -0.05) is 206 Å². The van der Waals surface area contributed by atoms with E-state index in [1.807, 2.05) is 36.4 Å². The molecule has 0 saturated carbocycles. The van der Waals surface area contributed by atoms with E-state index in [1.54, 1.807) is 11.8 Å². The molecule has 1 aliphatic rings. The lowest BCUT2D eigenvalue weighted by atomic mass is 9.99. The Morgan fingerprint density at radius 2 is 0.754 bits per heavy atom. The zero-order valence-corrected chi connectivity index (χ0v) is 34.1. The largest absolute Gasteiger partial charge is 0.360 e. The molecule has 10 rings (SSSR count). The SMILES string of the molecule is C1=C(c2ccc(-c3ccccc3)cc2)NC(c2ccc(Sc3ccc(-c4nc(-c5ccccc5)cc(-c5ccc(-c6ccccc6)cc5)n4)cc3)cc2)N=C1c1ccccc1. The van der Waals surface area contributed by atoms with Crippen LogP contribution in [0.1, 0.15) is 22.9 Å². The van der Waals surface area contributed by atoms with Crippen molar-refractivity contribution in [1.29, 1.82) is 0 Å². The van der Waals surface area contributed by atoms with Gasteiger partial charge in [-0.25, -0.2) is 9.97 Å². The molecular weight excluding hydrogens is 761 g/mol. The van der Waals surface area contributed by atoms with E-state index in [2.05, 4.69) is 199 Å². The Bertz CT molecular complexity index is 2950. The topological polar surface area (TPSA) is 50.2 Å². The van der Waals surface area contributed by atoms with Gasteiger partial charge < -0.3 is 5.32 Å². The highest BCUT2D eigenvalue weighted by atomic mass is 32.2. The first-order valence-electron chi connectivity index (χ1n) is 20.4. The fourth-order valence-corrected chi connectivity index (χ4v) is 8.39. The molecule has 0 saturated heterocycles.